The van der Waals surface area contributed by atoms with Gasteiger partial charge in [-0.05, 0) is 63.9 Å². The van der Waals surface area contributed by atoms with E-state index in [4.69, 9.17) is 35.3 Å². The third-order valence-electron chi connectivity index (χ3n) is 5.75. The number of nitrogens with zero attached hydrogens (tertiary/aromatic N) is 1. The first-order valence-electron chi connectivity index (χ1n) is 12.8. The summed E-state index contributed by atoms with van der Waals surface area (Å²) in [5.74, 6) is -0.779. The average molecular weight is 567 g/mol. The summed E-state index contributed by atoms with van der Waals surface area (Å²) < 4.78 is 41.8. The number of hydrogen-bond donors (Lipinski definition) is 1. The molecule has 2 amide bonds. The molecule has 11 heteroatoms. The first-order valence-corrected chi connectivity index (χ1v) is 13.1. The van der Waals surface area contributed by atoms with Crippen LogP contribution in [-0.4, -0.2) is 69.3 Å². The van der Waals surface area contributed by atoms with Gasteiger partial charge < -0.3 is 33.9 Å². The molecule has 0 saturated carbocycles. The van der Waals surface area contributed by atoms with Gasteiger partial charge in [0.1, 0.15) is 11.4 Å². The number of ether oxygens (including phenoxy) is 5. The Labute approximate surface area is 233 Å². The molecule has 1 aliphatic rings. The van der Waals surface area contributed by atoms with E-state index >= 15 is 0 Å². The molecular weight excluding hydrogens is 531 g/mol. The van der Waals surface area contributed by atoms with Crippen LogP contribution in [0.2, 0.25) is 5.02 Å². The van der Waals surface area contributed by atoms with Crippen LogP contribution in [0.25, 0.3) is 0 Å². The van der Waals surface area contributed by atoms with Gasteiger partial charge in [-0.2, -0.15) is 0 Å². The Balaban J connectivity index is 1.56. The van der Waals surface area contributed by atoms with Gasteiger partial charge in [0.2, 0.25) is 0 Å². The van der Waals surface area contributed by atoms with E-state index < -0.39 is 17.3 Å². The minimum Gasteiger partial charge on any atom is -0.490 e. The van der Waals surface area contributed by atoms with Gasteiger partial charge in [0.25, 0.3) is 5.91 Å². The highest BCUT2D eigenvalue weighted by Gasteiger charge is 2.28. The number of carbonyl (C=O) groups excluding carboxylic acids is 2. The summed E-state index contributed by atoms with van der Waals surface area (Å²) in [5.41, 5.74) is -0.160. The monoisotopic (exact) mass is 566 g/mol. The van der Waals surface area contributed by atoms with E-state index in [-0.39, 0.29) is 48.2 Å². The summed E-state index contributed by atoms with van der Waals surface area (Å²) in [6, 6.07) is 8.79. The van der Waals surface area contributed by atoms with Crippen LogP contribution in [0.1, 0.15) is 44.0 Å². The molecule has 1 aliphatic heterocycles. The molecule has 0 aromatic heterocycles. The first-order chi connectivity index (χ1) is 18.6. The maximum absolute atomic E-state index is 14.8. The number of rotatable bonds is 11. The second-order valence-corrected chi connectivity index (χ2v) is 10.6. The van der Waals surface area contributed by atoms with Crippen LogP contribution in [0, 0.1) is 11.7 Å². The van der Waals surface area contributed by atoms with E-state index in [1.54, 1.807) is 30.2 Å². The third-order valence-corrected chi connectivity index (χ3v) is 5.99. The molecule has 39 heavy (non-hydrogen) atoms. The van der Waals surface area contributed by atoms with Crippen molar-refractivity contribution < 1.29 is 37.7 Å². The molecule has 0 aliphatic carbocycles. The fourth-order valence-corrected chi connectivity index (χ4v) is 4.08. The zero-order chi connectivity index (χ0) is 28.4. The Morgan fingerprint density at radius 1 is 1.10 bits per heavy atom. The topological polar surface area (TPSA) is 95.6 Å². The number of benzene rings is 2. The predicted molar refractivity (Wildman–Crippen MR) is 145 cm³/mol. The van der Waals surface area contributed by atoms with Crippen LogP contribution in [0.4, 0.5) is 14.9 Å². The summed E-state index contributed by atoms with van der Waals surface area (Å²) in [5, 5.41) is 3.00. The first kappa shape index (κ1) is 30.5. The SMILES string of the molecule is COCCOCOc1ccc(Cl)cc1C(=O)Nc1ccc(OCC2CCCN(C(=O)OC(C)(C)C)C2)c(F)c1. The zero-order valence-electron chi connectivity index (χ0n) is 22.8. The fraction of sp³-hybridized carbons (Fsp3) is 0.500. The number of piperidine rings is 1. The summed E-state index contributed by atoms with van der Waals surface area (Å²) >= 11 is 6.08. The lowest BCUT2D eigenvalue weighted by Crippen LogP contribution is -2.44. The molecule has 2 aromatic rings. The summed E-state index contributed by atoms with van der Waals surface area (Å²) in [4.78, 5) is 27.0. The molecule has 1 heterocycles. The lowest BCUT2D eigenvalue weighted by molar-refractivity contribution is -0.00872. The highest BCUT2D eigenvalue weighted by Crippen LogP contribution is 2.27. The Bertz CT molecular complexity index is 1130. The van der Waals surface area contributed by atoms with E-state index in [9.17, 15) is 14.0 Å². The number of likely N-dealkylation sites (tertiary alicyclic amines) is 1. The van der Waals surface area contributed by atoms with Crippen LogP contribution in [0.15, 0.2) is 36.4 Å². The van der Waals surface area contributed by atoms with Gasteiger partial charge in [0.15, 0.2) is 18.4 Å². The standard InChI is InChI=1S/C28H36ClFN2O7/c1-28(2,3)39-27(34)32-11-5-6-19(16-32)17-37-25-10-8-21(15-23(25)30)31-26(33)22-14-20(29)7-9-24(22)38-18-36-13-12-35-4/h7-10,14-15,19H,5-6,11-13,16-18H2,1-4H3,(H,31,33). The Hall–Kier alpha value is -3.08. The summed E-state index contributed by atoms with van der Waals surface area (Å²) in [6.45, 7) is 7.49. The van der Waals surface area contributed by atoms with Crippen molar-refractivity contribution in [2.24, 2.45) is 5.92 Å². The van der Waals surface area contributed by atoms with Crippen molar-refractivity contribution >= 4 is 29.3 Å². The highest BCUT2D eigenvalue weighted by atomic mass is 35.5. The van der Waals surface area contributed by atoms with Crippen LogP contribution in [0.3, 0.4) is 0 Å². The quantitative estimate of drug-likeness (QED) is 0.273. The lowest BCUT2D eigenvalue weighted by Gasteiger charge is -2.34. The Morgan fingerprint density at radius 2 is 1.87 bits per heavy atom. The van der Waals surface area contributed by atoms with Crippen molar-refractivity contribution in [2.75, 3.05) is 52.1 Å². The number of hydrogen-bond acceptors (Lipinski definition) is 7. The summed E-state index contributed by atoms with van der Waals surface area (Å²) in [6.07, 6.45) is 1.32. The van der Waals surface area contributed by atoms with Gasteiger partial charge in [0, 0.05) is 42.9 Å². The molecule has 1 unspecified atom stereocenters. The van der Waals surface area contributed by atoms with Crippen molar-refractivity contribution in [3.8, 4) is 11.5 Å². The van der Waals surface area contributed by atoms with Crippen LogP contribution < -0.4 is 14.8 Å². The minimum atomic E-state index is -0.623. The molecule has 0 radical (unpaired) electrons. The molecule has 214 valence electrons. The number of amides is 2. The van der Waals surface area contributed by atoms with E-state index in [1.807, 2.05) is 20.8 Å². The van der Waals surface area contributed by atoms with Gasteiger partial charge in [-0.1, -0.05) is 11.6 Å². The number of nitrogens with one attached hydrogen (secondary N) is 1. The molecule has 1 N–H and O–H groups in total. The second kappa shape index (κ2) is 14.3. The number of methoxy groups -OCH3 is 1. The molecular formula is C28H36ClFN2O7. The number of halogens is 2. The normalized spacial score (nSPS) is 15.5. The molecule has 0 spiro atoms. The molecule has 0 bridgehead atoms. The largest absolute Gasteiger partial charge is 0.490 e. The molecule has 2 aromatic carbocycles. The Morgan fingerprint density at radius 3 is 2.59 bits per heavy atom. The lowest BCUT2D eigenvalue weighted by atomic mass is 9.99. The van der Waals surface area contributed by atoms with E-state index in [0.29, 0.717) is 31.3 Å². The predicted octanol–water partition coefficient (Wildman–Crippen LogP) is 5.76. The van der Waals surface area contributed by atoms with Crippen LogP contribution >= 0.6 is 11.6 Å². The van der Waals surface area contributed by atoms with E-state index in [2.05, 4.69) is 5.32 Å². The van der Waals surface area contributed by atoms with E-state index in [1.165, 1.54) is 18.2 Å². The van der Waals surface area contributed by atoms with Crippen molar-refractivity contribution in [2.45, 2.75) is 39.2 Å². The minimum absolute atomic E-state index is 0.0461. The van der Waals surface area contributed by atoms with Gasteiger partial charge >= 0.3 is 6.09 Å². The fourth-order valence-electron chi connectivity index (χ4n) is 3.91. The average Bonchev–Trinajstić information content (AvgIpc) is 2.88. The van der Waals surface area contributed by atoms with E-state index in [0.717, 1.165) is 12.8 Å². The van der Waals surface area contributed by atoms with Crippen molar-refractivity contribution in [3.63, 3.8) is 0 Å². The summed E-state index contributed by atoms with van der Waals surface area (Å²) in [7, 11) is 1.56. The van der Waals surface area contributed by atoms with Crippen molar-refractivity contribution in [3.05, 3.63) is 52.8 Å². The molecule has 1 atom stereocenters. The number of carbonyl (C=O) groups is 2. The van der Waals surface area contributed by atoms with Crippen LogP contribution in [-0.2, 0) is 14.2 Å². The molecule has 1 saturated heterocycles. The van der Waals surface area contributed by atoms with Crippen LogP contribution in [0.5, 0.6) is 11.5 Å². The van der Waals surface area contributed by atoms with Gasteiger partial charge in [-0.15, -0.1) is 0 Å². The van der Waals surface area contributed by atoms with Gasteiger partial charge in [-0.3, -0.25) is 4.79 Å². The molecule has 3 rings (SSSR count). The zero-order valence-corrected chi connectivity index (χ0v) is 23.5. The van der Waals surface area contributed by atoms with Gasteiger partial charge in [-0.25, -0.2) is 9.18 Å². The second-order valence-electron chi connectivity index (χ2n) is 10.1. The number of anilines is 1. The maximum Gasteiger partial charge on any atom is 0.410 e. The Kier molecular flexibility index (Phi) is 11.2. The maximum atomic E-state index is 14.8. The highest BCUT2D eigenvalue weighted by molar-refractivity contribution is 6.31. The molecule has 9 nitrogen and oxygen atoms in total. The molecule has 1 fully saturated rings. The van der Waals surface area contributed by atoms with Gasteiger partial charge in [0.05, 0.1) is 25.4 Å². The third kappa shape index (κ3) is 9.87. The van der Waals surface area contributed by atoms with Crippen molar-refractivity contribution in [1.82, 2.24) is 4.90 Å². The smallest absolute Gasteiger partial charge is 0.410 e. The van der Waals surface area contributed by atoms with Crippen molar-refractivity contribution in [1.29, 1.82) is 0 Å².